The minimum Gasteiger partial charge on any atom is -0.494 e. The predicted octanol–water partition coefficient (Wildman–Crippen LogP) is 5.43. The van der Waals surface area contributed by atoms with E-state index in [1.807, 2.05) is 37.3 Å². The Bertz CT molecular complexity index is 1220. The molecule has 3 atom stereocenters. The smallest absolute Gasteiger partial charge is 0.266 e. The first-order valence-corrected chi connectivity index (χ1v) is 11.9. The van der Waals surface area contributed by atoms with Gasteiger partial charge in [0, 0.05) is 0 Å². The Labute approximate surface area is 205 Å². The molecule has 2 amide bonds. The third-order valence-electron chi connectivity index (χ3n) is 5.98. The van der Waals surface area contributed by atoms with Gasteiger partial charge in [-0.2, -0.15) is 0 Å². The molecule has 2 aliphatic heterocycles. The second-order valence-corrected chi connectivity index (χ2v) is 9.04. The molecular formula is C26H22BrFN2O4. The minimum absolute atomic E-state index is 0.276. The monoisotopic (exact) mass is 524 g/mol. The van der Waals surface area contributed by atoms with Gasteiger partial charge in [-0.1, -0.05) is 31.2 Å². The third-order valence-corrected chi connectivity index (χ3v) is 6.59. The fourth-order valence-electron chi connectivity index (χ4n) is 4.41. The quantitative estimate of drug-likeness (QED) is 0.402. The number of nitrogens with zero attached hydrogens (tertiary/aromatic N) is 2. The van der Waals surface area contributed by atoms with E-state index < -0.39 is 29.8 Å². The zero-order chi connectivity index (χ0) is 23.8. The lowest BCUT2D eigenvalue weighted by molar-refractivity contribution is -0.126. The number of anilines is 2. The number of imide groups is 1. The molecule has 3 aromatic rings. The van der Waals surface area contributed by atoms with Crippen molar-refractivity contribution in [2.45, 2.75) is 25.5 Å². The highest BCUT2D eigenvalue weighted by atomic mass is 79.9. The lowest BCUT2D eigenvalue weighted by Crippen LogP contribution is -2.37. The van der Waals surface area contributed by atoms with E-state index in [0.29, 0.717) is 29.3 Å². The van der Waals surface area contributed by atoms with Gasteiger partial charge in [0.15, 0.2) is 6.10 Å². The van der Waals surface area contributed by atoms with Gasteiger partial charge < -0.3 is 4.74 Å². The van der Waals surface area contributed by atoms with E-state index in [-0.39, 0.29) is 10.4 Å². The van der Waals surface area contributed by atoms with E-state index in [0.717, 1.165) is 6.42 Å². The van der Waals surface area contributed by atoms with Crippen LogP contribution in [0.3, 0.4) is 0 Å². The van der Waals surface area contributed by atoms with E-state index in [2.05, 4.69) is 15.9 Å². The standard InChI is InChI=1S/C26H22BrFN2O4/c1-2-14-33-19-11-9-17(10-12-19)29-25(31)22-23(16-8-13-21(28)20(27)15-16)30(34-24(22)26(29)32)18-6-4-3-5-7-18/h3-13,15,22-24H,2,14H2,1H3/t22-,23+,24-/m1/s1. The molecule has 8 heteroatoms. The van der Waals surface area contributed by atoms with E-state index in [1.54, 1.807) is 41.5 Å². The lowest BCUT2D eigenvalue weighted by Gasteiger charge is -2.29. The number of hydrogen-bond donors (Lipinski definition) is 0. The number of halogens is 2. The molecule has 0 aliphatic carbocycles. The molecule has 0 N–H and O–H groups in total. The number of para-hydroxylation sites is 1. The SMILES string of the molecule is CCCOc1ccc(N2C(=O)[C@H]3[C@@H](ON(c4ccccc4)[C@H]3c3ccc(F)c(Br)c3)C2=O)cc1. The predicted molar refractivity (Wildman–Crippen MR) is 129 cm³/mol. The zero-order valence-electron chi connectivity index (χ0n) is 18.4. The number of hydrogen-bond acceptors (Lipinski definition) is 5. The summed E-state index contributed by atoms with van der Waals surface area (Å²) in [6.07, 6.45) is -0.109. The Morgan fingerprint density at radius 2 is 1.71 bits per heavy atom. The normalized spacial score (nSPS) is 21.8. The van der Waals surface area contributed by atoms with Crippen LogP contribution < -0.4 is 14.7 Å². The zero-order valence-corrected chi connectivity index (χ0v) is 19.9. The highest BCUT2D eigenvalue weighted by Crippen LogP contribution is 2.48. The average molecular weight is 525 g/mol. The van der Waals surface area contributed by atoms with Gasteiger partial charge in [-0.15, -0.1) is 0 Å². The fraction of sp³-hybridized carbons (Fsp3) is 0.231. The number of ether oxygens (including phenoxy) is 1. The van der Waals surface area contributed by atoms with Crippen molar-refractivity contribution in [2.24, 2.45) is 5.92 Å². The van der Waals surface area contributed by atoms with Crippen LogP contribution >= 0.6 is 15.9 Å². The third kappa shape index (κ3) is 3.86. The first kappa shape index (κ1) is 22.6. The van der Waals surface area contributed by atoms with E-state index >= 15 is 0 Å². The number of fused-ring (bicyclic) bond motifs is 1. The van der Waals surface area contributed by atoms with E-state index in [1.165, 1.54) is 11.0 Å². The second kappa shape index (κ2) is 9.19. The van der Waals surface area contributed by atoms with Crippen LogP contribution in [-0.4, -0.2) is 24.5 Å². The van der Waals surface area contributed by atoms with Gasteiger partial charge in [0.25, 0.3) is 5.91 Å². The number of rotatable bonds is 6. The maximum absolute atomic E-state index is 14.0. The van der Waals surface area contributed by atoms with Crippen molar-refractivity contribution < 1.29 is 23.6 Å². The van der Waals surface area contributed by atoms with Crippen LogP contribution in [0.2, 0.25) is 0 Å². The van der Waals surface area contributed by atoms with E-state index in [4.69, 9.17) is 9.57 Å². The summed E-state index contributed by atoms with van der Waals surface area (Å²) >= 11 is 3.23. The van der Waals surface area contributed by atoms with Crippen LogP contribution in [0.25, 0.3) is 0 Å². The summed E-state index contributed by atoms with van der Waals surface area (Å²) in [4.78, 5) is 34.3. The number of carbonyl (C=O) groups excluding carboxylic acids is 2. The van der Waals surface area contributed by atoms with Gasteiger partial charge in [0.2, 0.25) is 5.91 Å². The highest BCUT2D eigenvalue weighted by Gasteiger charge is 2.60. The van der Waals surface area contributed by atoms with Gasteiger partial charge in [0.05, 0.1) is 28.5 Å². The summed E-state index contributed by atoms with van der Waals surface area (Å²) in [5.41, 5.74) is 1.82. The first-order chi connectivity index (χ1) is 16.5. The molecule has 6 nitrogen and oxygen atoms in total. The van der Waals surface area contributed by atoms with Crippen LogP contribution in [0, 0.1) is 11.7 Å². The molecular weight excluding hydrogens is 503 g/mol. The summed E-state index contributed by atoms with van der Waals surface area (Å²) in [5.74, 6) is -1.32. The van der Waals surface area contributed by atoms with Crippen LogP contribution in [0.5, 0.6) is 5.75 Å². The van der Waals surface area contributed by atoms with Gasteiger partial charge in [-0.05, 0) is 76.4 Å². The van der Waals surface area contributed by atoms with Gasteiger partial charge in [-0.25, -0.2) is 14.4 Å². The molecule has 0 bridgehead atoms. The average Bonchev–Trinajstić information content (AvgIpc) is 3.36. The topological polar surface area (TPSA) is 59.1 Å². The van der Waals surface area contributed by atoms with Crippen molar-refractivity contribution in [3.05, 3.63) is 88.6 Å². The minimum atomic E-state index is -0.988. The number of benzene rings is 3. The Morgan fingerprint density at radius 3 is 2.38 bits per heavy atom. The van der Waals surface area contributed by atoms with Crippen molar-refractivity contribution in [1.29, 1.82) is 0 Å². The van der Waals surface area contributed by atoms with Crippen molar-refractivity contribution in [2.75, 3.05) is 16.6 Å². The Kier molecular flexibility index (Phi) is 6.10. The van der Waals surface area contributed by atoms with Crippen LogP contribution in [0.1, 0.15) is 24.9 Å². The molecule has 5 rings (SSSR count). The van der Waals surface area contributed by atoms with E-state index in [9.17, 15) is 14.0 Å². The molecule has 3 aromatic carbocycles. The summed E-state index contributed by atoms with van der Waals surface area (Å²) in [6, 6.07) is 20.1. The molecule has 0 radical (unpaired) electrons. The Balaban J connectivity index is 1.51. The molecule has 0 aromatic heterocycles. The Hall–Kier alpha value is -3.23. The summed E-state index contributed by atoms with van der Waals surface area (Å²) < 4.78 is 19.9. The van der Waals surface area contributed by atoms with Crippen molar-refractivity contribution in [3.63, 3.8) is 0 Å². The van der Waals surface area contributed by atoms with Gasteiger partial charge in [-0.3, -0.25) is 14.4 Å². The first-order valence-electron chi connectivity index (χ1n) is 11.1. The lowest BCUT2D eigenvalue weighted by atomic mass is 9.90. The van der Waals surface area contributed by atoms with Crippen molar-refractivity contribution in [3.8, 4) is 5.75 Å². The maximum Gasteiger partial charge on any atom is 0.266 e. The number of amides is 2. The van der Waals surface area contributed by atoms with Crippen molar-refractivity contribution >= 4 is 39.1 Å². The maximum atomic E-state index is 14.0. The molecule has 34 heavy (non-hydrogen) atoms. The number of carbonyl (C=O) groups is 2. The molecule has 0 saturated carbocycles. The van der Waals surface area contributed by atoms with Crippen LogP contribution in [0.15, 0.2) is 77.3 Å². The summed E-state index contributed by atoms with van der Waals surface area (Å²) in [7, 11) is 0. The van der Waals surface area contributed by atoms with Crippen LogP contribution in [0.4, 0.5) is 15.8 Å². The van der Waals surface area contributed by atoms with Gasteiger partial charge in [0.1, 0.15) is 17.5 Å². The molecule has 2 heterocycles. The van der Waals surface area contributed by atoms with Crippen LogP contribution in [-0.2, 0) is 14.4 Å². The van der Waals surface area contributed by atoms with Gasteiger partial charge >= 0.3 is 0 Å². The second-order valence-electron chi connectivity index (χ2n) is 8.19. The molecule has 0 unspecified atom stereocenters. The molecule has 2 aliphatic rings. The molecule has 174 valence electrons. The molecule has 2 fully saturated rings. The number of hydroxylamine groups is 1. The van der Waals surface area contributed by atoms with Crippen molar-refractivity contribution in [1.82, 2.24) is 0 Å². The fourth-order valence-corrected chi connectivity index (χ4v) is 4.81. The Morgan fingerprint density at radius 1 is 0.971 bits per heavy atom. The molecule has 2 saturated heterocycles. The largest absolute Gasteiger partial charge is 0.494 e. The highest BCUT2D eigenvalue weighted by molar-refractivity contribution is 9.10. The molecule has 0 spiro atoms. The summed E-state index contributed by atoms with van der Waals surface area (Å²) in [6.45, 7) is 2.60. The summed E-state index contributed by atoms with van der Waals surface area (Å²) in [5, 5.41) is 1.59.